The van der Waals surface area contributed by atoms with E-state index in [9.17, 15) is 4.79 Å². The lowest BCUT2D eigenvalue weighted by molar-refractivity contribution is 0.0997. The lowest BCUT2D eigenvalue weighted by Crippen LogP contribution is -2.16. The second-order valence-electron chi connectivity index (χ2n) is 3.05. The van der Waals surface area contributed by atoms with Crippen molar-refractivity contribution in [2.24, 2.45) is 5.73 Å². The molecule has 0 atom stereocenters. The topological polar surface area (TPSA) is 65.2 Å². The van der Waals surface area contributed by atoms with Gasteiger partial charge < -0.3 is 10.5 Å². The second-order valence-corrected chi connectivity index (χ2v) is 3.05. The van der Waals surface area contributed by atoms with Gasteiger partial charge in [0.25, 0.3) is 0 Å². The van der Waals surface area contributed by atoms with Gasteiger partial charge in [-0.3, -0.25) is 9.78 Å². The largest absolute Gasteiger partial charge is 0.496 e. The Morgan fingerprint density at radius 1 is 1.57 bits per heavy atom. The Labute approximate surface area is 83.1 Å². The van der Waals surface area contributed by atoms with Gasteiger partial charge in [-0.05, 0) is 13.8 Å². The summed E-state index contributed by atoms with van der Waals surface area (Å²) in [5, 5.41) is 0. The highest BCUT2D eigenvalue weighted by Crippen LogP contribution is 2.21. The lowest BCUT2D eigenvalue weighted by atomic mass is 10.1. The molecule has 0 aliphatic rings. The molecule has 0 unspecified atom stereocenters. The highest BCUT2D eigenvalue weighted by atomic mass is 16.5. The van der Waals surface area contributed by atoms with Crippen LogP contribution in [0.4, 0.5) is 0 Å². The third-order valence-corrected chi connectivity index (χ3v) is 1.98. The number of carbonyl (C=O) groups excluding carboxylic acids is 1. The molecule has 14 heavy (non-hydrogen) atoms. The number of nitrogens with zero attached hydrogens (tertiary/aromatic N) is 1. The molecule has 0 aromatic carbocycles. The minimum atomic E-state index is -0.146. The van der Waals surface area contributed by atoms with E-state index in [0.717, 1.165) is 5.69 Å². The third-order valence-electron chi connectivity index (χ3n) is 1.98. The van der Waals surface area contributed by atoms with Crippen molar-refractivity contribution in [2.45, 2.75) is 13.8 Å². The van der Waals surface area contributed by atoms with Crippen LogP contribution >= 0.6 is 0 Å². The Bertz CT molecular complexity index is 361. The molecule has 1 aromatic heterocycles. The van der Waals surface area contributed by atoms with Gasteiger partial charge >= 0.3 is 0 Å². The van der Waals surface area contributed by atoms with Crippen molar-refractivity contribution in [1.82, 2.24) is 4.98 Å². The van der Waals surface area contributed by atoms with Crippen molar-refractivity contribution in [3.8, 4) is 5.75 Å². The van der Waals surface area contributed by atoms with Crippen LogP contribution in [-0.2, 0) is 0 Å². The van der Waals surface area contributed by atoms with Crippen LogP contribution in [0.1, 0.15) is 21.7 Å². The predicted molar refractivity (Wildman–Crippen MR) is 53.6 cm³/mol. The maximum absolute atomic E-state index is 11.5. The number of hydrogen-bond acceptors (Lipinski definition) is 4. The zero-order valence-electron chi connectivity index (χ0n) is 8.63. The molecule has 0 aliphatic heterocycles. The summed E-state index contributed by atoms with van der Waals surface area (Å²) in [7, 11) is 1.53. The lowest BCUT2D eigenvalue weighted by Gasteiger charge is -2.09. The smallest absolute Gasteiger partial charge is 0.181 e. The number of carbonyl (C=O) groups is 1. The van der Waals surface area contributed by atoms with Crippen LogP contribution in [0.15, 0.2) is 6.07 Å². The van der Waals surface area contributed by atoms with Gasteiger partial charge in [0.05, 0.1) is 24.9 Å². The molecule has 0 saturated heterocycles. The molecule has 0 bridgehead atoms. The SMILES string of the molecule is COc1cc(C)nc(C)c1C(=O)CN. The van der Waals surface area contributed by atoms with Crippen LogP contribution in [0.25, 0.3) is 0 Å². The van der Waals surface area contributed by atoms with Gasteiger partial charge in [0.2, 0.25) is 0 Å². The highest BCUT2D eigenvalue weighted by molar-refractivity contribution is 6.00. The summed E-state index contributed by atoms with van der Waals surface area (Å²) >= 11 is 0. The molecule has 0 fully saturated rings. The molecule has 4 nitrogen and oxygen atoms in total. The van der Waals surface area contributed by atoms with Crippen molar-refractivity contribution in [3.05, 3.63) is 23.0 Å². The summed E-state index contributed by atoms with van der Waals surface area (Å²) < 4.78 is 5.11. The summed E-state index contributed by atoms with van der Waals surface area (Å²) in [6.07, 6.45) is 0. The Balaban J connectivity index is 3.32. The van der Waals surface area contributed by atoms with E-state index in [1.165, 1.54) is 7.11 Å². The van der Waals surface area contributed by atoms with E-state index in [-0.39, 0.29) is 12.3 Å². The number of Topliss-reactive ketones (excluding diaryl/α,β-unsaturated/α-hetero) is 1. The van der Waals surface area contributed by atoms with Crippen molar-refractivity contribution in [2.75, 3.05) is 13.7 Å². The first-order chi connectivity index (χ1) is 6.60. The normalized spacial score (nSPS) is 10.0. The highest BCUT2D eigenvalue weighted by Gasteiger charge is 2.15. The molecule has 0 saturated carbocycles. The Hall–Kier alpha value is -1.42. The van der Waals surface area contributed by atoms with Crippen LogP contribution in [0.3, 0.4) is 0 Å². The van der Waals surface area contributed by atoms with Gasteiger partial charge in [0.15, 0.2) is 5.78 Å². The fraction of sp³-hybridized carbons (Fsp3) is 0.400. The van der Waals surface area contributed by atoms with E-state index in [4.69, 9.17) is 10.5 Å². The number of rotatable bonds is 3. The van der Waals surface area contributed by atoms with Crippen LogP contribution < -0.4 is 10.5 Å². The van der Waals surface area contributed by atoms with E-state index < -0.39 is 0 Å². The van der Waals surface area contributed by atoms with Crippen molar-refractivity contribution < 1.29 is 9.53 Å². The quantitative estimate of drug-likeness (QED) is 0.724. The molecule has 0 aliphatic carbocycles. The number of nitrogens with two attached hydrogens (primary N) is 1. The zero-order valence-corrected chi connectivity index (χ0v) is 8.63. The minimum absolute atomic E-state index is 0.0259. The molecular weight excluding hydrogens is 180 g/mol. The summed E-state index contributed by atoms with van der Waals surface area (Å²) in [4.78, 5) is 15.7. The minimum Gasteiger partial charge on any atom is -0.496 e. The van der Waals surface area contributed by atoms with Crippen molar-refractivity contribution >= 4 is 5.78 Å². The van der Waals surface area contributed by atoms with Crippen molar-refractivity contribution in [3.63, 3.8) is 0 Å². The first-order valence-corrected chi connectivity index (χ1v) is 4.35. The molecule has 1 aromatic rings. The van der Waals surface area contributed by atoms with Gasteiger partial charge in [-0.25, -0.2) is 0 Å². The molecule has 0 radical (unpaired) electrons. The molecule has 76 valence electrons. The summed E-state index contributed by atoms with van der Waals surface area (Å²) in [6, 6.07) is 1.73. The van der Waals surface area contributed by atoms with Crippen LogP contribution in [0.2, 0.25) is 0 Å². The van der Waals surface area contributed by atoms with Crippen molar-refractivity contribution in [1.29, 1.82) is 0 Å². The van der Waals surface area contributed by atoms with Gasteiger partial charge in [0.1, 0.15) is 5.75 Å². The van der Waals surface area contributed by atoms with Gasteiger partial charge in [-0.2, -0.15) is 0 Å². The number of aromatic nitrogens is 1. The summed E-state index contributed by atoms with van der Waals surface area (Å²) in [5.41, 5.74) is 7.28. The molecule has 1 heterocycles. The fourth-order valence-corrected chi connectivity index (χ4v) is 1.40. The van der Waals surface area contributed by atoms with E-state index in [0.29, 0.717) is 17.0 Å². The average molecular weight is 194 g/mol. The van der Waals surface area contributed by atoms with E-state index in [1.807, 2.05) is 6.92 Å². The third kappa shape index (κ3) is 1.90. The van der Waals surface area contributed by atoms with Crippen LogP contribution in [-0.4, -0.2) is 24.4 Å². The van der Waals surface area contributed by atoms with Crippen LogP contribution in [0, 0.1) is 13.8 Å². The maximum atomic E-state index is 11.5. The summed E-state index contributed by atoms with van der Waals surface area (Å²) in [6.45, 7) is 3.60. The van der Waals surface area contributed by atoms with E-state index >= 15 is 0 Å². The number of ketones is 1. The standard InChI is InChI=1S/C10H14N2O2/c1-6-4-9(14-3)10(7(2)12-6)8(13)5-11/h4H,5,11H2,1-3H3. The second kappa shape index (κ2) is 4.19. The predicted octanol–water partition coefficient (Wildman–Crippen LogP) is 0.848. The Morgan fingerprint density at radius 3 is 2.71 bits per heavy atom. The van der Waals surface area contributed by atoms with Gasteiger partial charge in [0, 0.05) is 11.8 Å². The molecule has 1 rings (SSSR count). The first-order valence-electron chi connectivity index (χ1n) is 4.35. The van der Waals surface area contributed by atoms with Crippen LogP contribution in [0.5, 0.6) is 5.75 Å². The van der Waals surface area contributed by atoms with Gasteiger partial charge in [-0.15, -0.1) is 0 Å². The Kier molecular flexibility index (Phi) is 3.19. The number of hydrogen-bond donors (Lipinski definition) is 1. The number of aryl methyl sites for hydroxylation is 2. The number of pyridine rings is 1. The molecule has 4 heteroatoms. The Morgan fingerprint density at radius 2 is 2.21 bits per heavy atom. The maximum Gasteiger partial charge on any atom is 0.181 e. The zero-order chi connectivity index (χ0) is 10.7. The molecular formula is C10H14N2O2. The molecule has 0 amide bonds. The fourth-order valence-electron chi connectivity index (χ4n) is 1.40. The number of ether oxygens (including phenoxy) is 1. The molecule has 0 spiro atoms. The average Bonchev–Trinajstić information content (AvgIpc) is 2.15. The first kappa shape index (κ1) is 10.7. The van der Waals surface area contributed by atoms with Gasteiger partial charge in [-0.1, -0.05) is 0 Å². The summed E-state index contributed by atoms with van der Waals surface area (Å²) in [5.74, 6) is 0.400. The number of methoxy groups -OCH3 is 1. The van der Waals surface area contributed by atoms with E-state index in [2.05, 4.69) is 4.98 Å². The monoisotopic (exact) mass is 194 g/mol. The van der Waals surface area contributed by atoms with E-state index in [1.54, 1.807) is 13.0 Å². The molecule has 2 N–H and O–H groups in total.